The third-order valence-corrected chi connectivity index (χ3v) is 5.61. The molecule has 3 rings (SSSR count). The van der Waals surface area contributed by atoms with E-state index in [0.717, 1.165) is 44.3 Å². The van der Waals surface area contributed by atoms with Crippen molar-refractivity contribution in [3.8, 4) is 5.75 Å². The zero-order valence-electron chi connectivity index (χ0n) is 17.1. The van der Waals surface area contributed by atoms with Crippen LogP contribution in [0.3, 0.4) is 0 Å². The van der Waals surface area contributed by atoms with Crippen molar-refractivity contribution in [2.24, 2.45) is 0 Å². The van der Waals surface area contributed by atoms with E-state index in [-0.39, 0.29) is 23.4 Å². The third-order valence-electron chi connectivity index (χ3n) is 5.61. The summed E-state index contributed by atoms with van der Waals surface area (Å²) in [6.07, 6.45) is 4.88. The Kier molecular flexibility index (Phi) is 7.15. The summed E-state index contributed by atoms with van der Waals surface area (Å²) in [6.45, 7) is 3.24. The Hall–Kier alpha value is -2.53. The van der Waals surface area contributed by atoms with Crippen LogP contribution in [0.15, 0.2) is 42.5 Å². The Balaban J connectivity index is 1.96. The molecule has 1 unspecified atom stereocenters. The summed E-state index contributed by atoms with van der Waals surface area (Å²) in [4.78, 5) is 27.5. The average molecular weight is 397 g/mol. The molecule has 0 radical (unpaired) electrons. The fourth-order valence-electron chi connectivity index (χ4n) is 3.97. The summed E-state index contributed by atoms with van der Waals surface area (Å²) >= 11 is 0. The maximum Gasteiger partial charge on any atom is 0.180 e. The Morgan fingerprint density at radius 3 is 2.21 bits per heavy atom. The van der Waals surface area contributed by atoms with E-state index in [0.29, 0.717) is 23.3 Å². The number of benzene rings is 2. The summed E-state index contributed by atoms with van der Waals surface area (Å²) in [5, 5.41) is 0. The molecule has 0 spiro atoms. The molecule has 1 aliphatic rings. The lowest BCUT2D eigenvalue weighted by Gasteiger charge is -2.30. The highest BCUT2D eigenvalue weighted by atomic mass is 19.1. The van der Waals surface area contributed by atoms with E-state index in [1.54, 1.807) is 31.4 Å². The molecule has 1 fully saturated rings. The van der Waals surface area contributed by atoms with Gasteiger partial charge < -0.3 is 4.74 Å². The summed E-state index contributed by atoms with van der Waals surface area (Å²) in [6, 6.07) is 10.7. The number of methoxy groups -OCH3 is 1. The Bertz CT molecular complexity index is 855. The number of carbonyl (C=O) groups is 2. The van der Waals surface area contributed by atoms with Gasteiger partial charge in [0.15, 0.2) is 11.6 Å². The first-order valence-electron chi connectivity index (χ1n) is 10.2. The number of hydrogen-bond donors (Lipinski definition) is 0. The molecule has 4 nitrogen and oxygen atoms in total. The Labute approximate surface area is 171 Å². The second-order valence-electron chi connectivity index (χ2n) is 7.62. The molecule has 29 heavy (non-hydrogen) atoms. The van der Waals surface area contributed by atoms with Gasteiger partial charge >= 0.3 is 0 Å². The van der Waals surface area contributed by atoms with Crippen LogP contribution in [0, 0.1) is 5.82 Å². The van der Waals surface area contributed by atoms with Gasteiger partial charge in [0, 0.05) is 11.1 Å². The van der Waals surface area contributed by atoms with Crippen molar-refractivity contribution < 1.29 is 18.7 Å². The summed E-state index contributed by atoms with van der Waals surface area (Å²) in [5.74, 6) is 0.262. The fraction of sp³-hybridized carbons (Fsp3) is 0.417. The maximum atomic E-state index is 13.4. The molecule has 0 saturated carbocycles. The fourth-order valence-corrected chi connectivity index (χ4v) is 3.97. The molecule has 1 atom stereocenters. The van der Waals surface area contributed by atoms with Crippen LogP contribution >= 0.6 is 0 Å². The largest absolute Gasteiger partial charge is 0.496 e. The molecule has 1 aliphatic heterocycles. The maximum absolute atomic E-state index is 13.4. The quantitative estimate of drug-likeness (QED) is 0.635. The molecule has 1 saturated heterocycles. The minimum atomic E-state index is -0.380. The predicted molar refractivity (Wildman–Crippen MR) is 111 cm³/mol. The van der Waals surface area contributed by atoms with Gasteiger partial charge in [-0.2, -0.15) is 0 Å². The van der Waals surface area contributed by atoms with Crippen molar-refractivity contribution in [3.63, 3.8) is 0 Å². The first kappa shape index (κ1) is 21.2. The second-order valence-corrected chi connectivity index (χ2v) is 7.62. The van der Waals surface area contributed by atoms with E-state index >= 15 is 0 Å². The van der Waals surface area contributed by atoms with Crippen molar-refractivity contribution in [1.82, 2.24) is 4.90 Å². The molecule has 0 aromatic heterocycles. The lowest BCUT2D eigenvalue weighted by atomic mass is 9.94. The van der Waals surface area contributed by atoms with Gasteiger partial charge in [0.25, 0.3) is 0 Å². The number of ketones is 2. The van der Waals surface area contributed by atoms with E-state index in [9.17, 15) is 14.0 Å². The molecule has 2 aromatic rings. The van der Waals surface area contributed by atoms with Crippen molar-refractivity contribution in [2.75, 3.05) is 20.2 Å². The number of likely N-dealkylation sites (tertiary alicyclic amines) is 1. The van der Waals surface area contributed by atoms with Crippen molar-refractivity contribution in [2.45, 2.75) is 45.1 Å². The highest BCUT2D eigenvalue weighted by Gasteiger charge is 2.29. The van der Waals surface area contributed by atoms with E-state index < -0.39 is 0 Å². The van der Waals surface area contributed by atoms with Gasteiger partial charge in [-0.05, 0) is 87.3 Å². The van der Waals surface area contributed by atoms with Crippen LogP contribution in [0.4, 0.5) is 4.39 Å². The first-order valence-corrected chi connectivity index (χ1v) is 10.2. The number of rotatable bonds is 7. The first-order chi connectivity index (χ1) is 14.0. The number of carbonyl (C=O) groups excluding carboxylic acids is 2. The van der Waals surface area contributed by atoms with Gasteiger partial charge in [-0.15, -0.1) is 0 Å². The minimum absolute atomic E-state index is 0.0231. The van der Waals surface area contributed by atoms with Crippen LogP contribution in [0.2, 0.25) is 0 Å². The molecular weight excluding hydrogens is 369 g/mol. The SMILES string of the molecule is COc1ccc(C(C)=O)cc1CC(C(=O)c1ccc(F)cc1)N1CCCCCC1. The zero-order chi connectivity index (χ0) is 20.8. The third kappa shape index (κ3) is 5.30. The van der Waals surface area contributed by atoms with Gasteiger partial charge in [-0.25, -0.2) is 4.39 Å². The second kappa shape index (κ2) is 9.79. The van der Waals surface area contributed by atoms with E-state index in [2.05, 4.69) is 4.90 Å². The molecule has 0 bridgehead atoms. The number of halogens is 1. The number of nitrogens with zero attached hydrogens (tertiary/aromatic N) is 1. The monoisotopic (exact) mass is 397 g/mol. The van der Waals surface area contributed by atoms with Gasteiger partial charge in [-0.1, -0.05) is 12.8 Å². The van der Waals surface area contributed by atoms with Crippen molar-refractivity contribution in [3.05, 3.63) is 65.0 Å². The number of hydrogen-bond acceptors (Lipinski definition) is 4. The molecule has 2 aromatic carbocycles. The Morgan fingerprint density at radius 2 is 1.62 bits per heavy atom. The smallest absolute Gasteiger partial charge is 0.180 e. The van der Waals surface area contributed by atoms with Crippen molar-refractivity contribution in [1.29, 1.82) is 0 Å². The number of Topliss-reactive ketones (excluding diaryl/α,β-unsaturated/α-hetero) is 2. The Morgan fingerprint density at radius 1 is 1.00 bits per heavy atom. The van der Waals surface area contributed by atoms with E-state index in [1.165, 1.54) is 19.1 Å². The predicted octanol–water partition coefficient (Wildman–Crippen LogP) is 4.71. The van der Waals surface area contributed by atoms with Gasteiger partial charge in [0.2, 0.25) is 0 Å². The van der Waals surface area contributed by atoms with Crippen molar-refractivity contribution >= 4 is 11.6 Å². The summed E-state index contributed by atoms with van der Waals surface area (Å²) in [5.41, 5.74) is 1.94. The van der Waals surface area contributed by atoms with Gasteiger partial charge in [0.05, 0.1) is 13.2 Å². The van der Waals surface area contributed by atoms with Crippen LogP contribution < -0.4 is 4.74 Å². The summed E-state index contributed by atoms with van der Waals surface area (Å²) in [7, 11) is 1.59. The lowest BCUT2D eigenvalue weighted by molar-refractivity contribution is 0.0820. The van der Waals surface area contributed by atoms with E-state index in [1.807, 2.05) is 6.07 Å². The molecular formula is C24H28FNO3. The van der Waals surface area contributed by atoms with Gasteiger partial charge in [-0.3, -0.25) is 14.5 Å². The molecule has 0 aliphatic carbocycles. The van der Waals surface area contributed by atoms with Gasteiger partial charge in [0.1, 0.15) is 11.6 Å². The standard InChI is InChI=1S/C24H28FNO3/c1-17(27)19-9-12-23(29-2)20(15-19)16-22(26-13-5-3-4-6-14-26)24(28)18-7-10-21(25)11-8-18/h7-12,15,22H,3-6,13-14,16H2,1-2H3. The highest BCUT2D eigenvalue weighted by molar-refractivity contribution is 6.00. The highest BCUT2D eigenvalue weighted by Crippen LogP contribution is 2.26. The van der Waals surface area contributed by atoms with Crippen LogP contribution in [-0.2, 0) is 6.42 Å². The molecule has 0 amide bonds. The van der Waals surface area contributed by atoms with E-state index in [4.69, 9.17) is 4.74 Å². The summed E-state index contributed by atoms with van der Waals surface area (Å²) < 4.78 is 18.9. The molecule has 0 N–H and O–H groups in total. The molecule has 1 heterocycles. The molecule has 5 heteroatoms. The van der Waals surface area contributed by atoms with Crippen LogP contribution in [-0.4, -0.2) is 42.7 Å². The average Bonchev–Trinajstić information content (AvgIpc) is 3.01. The van der Waals surface area contributed by atoms with Crippen LogP contribution in [0.25, 0.3) is 0 Å². The lowest BCUT2D eigenvalue weighted by Crippen LogP contribution is -2.43. The van der Waals surface area contributed by atoms with Crippen LogP contribution in [0.5, 0.6) is 5.75 Å². The minimum Gasteiger partial charge on any atom is -0.496 e. The molecule has 154 valence electrons. The number of ether oxygens (including phenoxy) is 1. The normalized spacial score (nSPS) is 16.1. The zero-order valence-corrected chi connectivity index (χ0v) is 17.1. The topological polar surface area (TPSA) is 46.6 Å². The van der Waals surface area contributed by atoms with Crippen LogP contribution in [0.1, 0.15) is 58.9 Å².